The van der Waals surface area contributed by atoms with E-state index in [1.165, 1.54) is 7.11 Å². The second kappa shape index (κ2) is 12.7. The molecule has 0 amide bonds. The minimum Gasteiger partial charge on any atom is -0.507 e. The third-order valence-corrected chi connectivity index (χ3v) is 5.84. The standard InChI is InChI=1S/C29H36O8/c1-17(2)7-9-19-21(35-12-11-30)15-23-26(27(19)31)28(32)25-20(10-8-18(3)4)29(34-6)24(16-22(25)37-23)36-14-13-33-5/h7-8,15-16,30-31H,9-14H2,1-6H3. The fraction of sp³-hybridized carbons (Fsp3) is 0.414. The number of methoxy groups -OCH3 is 2. The molecule has 0 fully saturated rings. The summed E-state index contributed by atoms with van der Waals surface area (Å²) in [6.45, 7) is 8.34. The SMILES string of the molecule is COCCOc1cc2oc3cc(OCCO)c(CC=C(C)C)c(O)c3c(=O)c2c(CC=C(C)C)c1OC. The highest BCUT2D eigenvalue weighted by atomic mass is 16.5. The quantitative estimate of drug-likeness (QED) is 0.197. The Balaban J connectivity index is 2.41. The highest BCUT2D eigenvalue weighted by molar-refractivity contribution is 5.98. The maximum Gasteiger partial charge on any atom is 0.204 e. The normalized spacial score (nSPS) is 11.0. The molecule has 8 nitrogen and oxygen atoms in total. The molecule has 37 heavy (non-hydrogen) atoms. The Hall–Kier alpha value is -3.49. The molecule has 200 valence electrons. The first-order valence-corrected chi connectivity index (χ1v) is 12.2. The van der Waals surface area contributed by atoms with E-state index in [0.29, 0.717) is 58.8 Å². The van der Waals surface area contributed by atoms with E-state index in [2.05, 4.69) is 0 Å². The van der Waals surface area contributed by atoms with Gasteiger partial charge < -0.3 is 33.6 Å². The summed E-state index contributed by atoms with van der Waals surface area (Å²) in [7, 11) is 3.11. The molecule has 0 saturated carbocycles. The van der Waals surface area contributed by atoms with Crippen molar-refractivity contribution in [2.24, 2.45) is 0 Å². The van der Waals surface area contributed by atoms with Crippen LogP contribution in [0.4, 0.5) is 0 Å². The van der Waals surface area contributed by atoms with Gasteiger partial charge in [-0.2, -0.15) is 0 Å². The van der Waals surface area contributed by atoms with Crippen LogP contribution < -0.4 is 19.6 Å². The van der Waals surface area contributed by atoms with E-state index in [0.717, 1.165) is 11.1 Å². The molecule has 2 N–H and O–H groups in total. The zero-order valence-corrected chi connectivity index (χ0v) is 22.4. The van der Waals surface area contributed by atoms with Crippen molar-refractivity contribution in [3.05, 3.63) is 56.8 Å². The average molecular weight is 513 g/mol. The van der Waals surface area contributed by atoms with E-state index in [1.54, 1.807) is 19.2 Å². The van der Waals surface area contributed by atoms with E-state index in [9.17, 15) is 15.0 Å². The molecule has 0 atom stereocenters. The summed E-state index contributed by atoms with van der Waals surface area (Å²) < 4.78 is 28.6. The van der Waals surface area contributed by atoms with Crippen LogP contribution in [0, 0.1) is 0 Å². The third-order valence-electron chi connectivity index (χ3n) is 5.84. The van der Waals surface area contributed by atoms with Crippen molar-refractivity contribution in [3.8, 4) is 23.0 Å². The van der Waals surface area contributed by atoms with E-state index in [4.69, 9.17) is 23.4 Å². The first-order chi connectivity index (χ1) is 17.7. The maximum atomic E-state index is 14.0. The number of ether oxygens (including phenoxy) is 4. The summed E-state index contributed by atoms with van der Waals surface area (Å²) in [4.78, 5) is 14.0. The minimum absolute atomic E-state index is 0.0338. The second-order valence-corrected chi connectivity index (χ2v) is 9.15. The largest absolute Gasteiger partial charge is 0.507 e. The zero-order valence-electron chi connectivity index (χ0n) is 22.4. The molecule has 2 aromatic carbocycles. The van der Waals surface area contributed by atoms with Gasteiger partial charge >= 0.3 is 0 Å². The third kappa shape index (κ3) is 6.26. The Kier molecular flexibility index (Phi) is 9.60. The van der Waals surface area contributed by atoms with Crippen LogP contribution in [0.1, 0.15) is 38.8 Å². The summed E-state index contributed by atoms with van der Waals surface area (Å²) in [6.07, 6.45) is 4.68. The first kappa shape index (κ1) is 28.1. The predicted molar refractivity (Wildman–Crippen MR) is 144 cm³/mol. The number of aromatic hydroxyl groups is 1. The van der Waals surface area contributed by atoms with Crippen LogP contribution in [-0.4, -0.2) is 50.9 Å². The van der Waals surface area contributed by atoms with Gasteiger partial charge in [0.15, 0.2) is 11.5 Å². The lowest BCUT2D eigenvalue weighted by Crippen LogP contribution is -2.11. The number of hydrogen-bond acceptors (Lipinski definition) is 8. The van der Waals surface area contributed by atoms with Gasteiger partial charge in [-0.3, -0.25) is 4.79 Å². The van der Waals surface area contributed by atoms with Crippen molar-refractivity contribution < 1.29 is 33.6 Å². The second-order valence-electron chi connectivity index (χ2n) is 9.15. The van der Waals surface area contributed by atoms with Crippen LogP contribution in [-0.2, 0) is 17.6 Å². The topological polar surface area (TPSA) is 108 Å². The predicted octanol–water partition coefficient (Wildman–Crippen LogP) is 5.07. The maximum absolute atomic E-state index is 14.0. The van der Waals surface area contributed by atoms with E-state index in [-0.39, 0.29) is 42.0 Å². The molecule has 0 saturated heterocycles. The van der Waals surface area contributed by atoms with Crippen molar-refractivity contribution >= 4 is 21.9 Å². The first-order valence-electron chi connectivity index (χ1n) is 12.2. The number of rotatable bonds is 12. The van der Waals surface area contributed by atoms with Crippen LogP contribution in [0.2, 0.25) is 0 Å². The molecule has 0 spiro atoms. The zero-order chi connectivity index (χ0) is 27.1. The number of aliphatic hydroxyl groups excluding tert-OH is 1. The van der Waals surface area contributed by atoms with Crippen LogP contribution in [0.5, 0.6) is 23.0 Å². The van der Waals surface area contributed by atoms with E-state index < -0.39 is 0 Å². The Labute approximate surface area is 216 Å². The van der Waals surface area contributed by atoms with Gasteiger partial charge in [0.25, 0.3) is 0 Å². The number of fused-ring (bicyclic) bond motifs is 2. The monoisotopic (exact) mass is 512 g/mol. The van der Waals surface area contributed by atoms with Crippen molar-refractivity contribution in [2.75, 3.05) is 40.6 Å². The summed E-state index contributed by atoms with van der Waals surface area (Å²) in [5.74, 6) is 0.993. The Morgan fingerprint density at radius 1 is 0.865 bits per heavy atom. The fourth-order valence-electron chi connectivity index (χ4n) is 4.06. The highest BCUT2D eigenvalue weighted by Crippen LogP contribution is 2.41. The van der Waals surface area contributed by atoms with Crippen molar-refractivity contribution in [1.82, 2.24) is 0 Å². The van der Waals surface area contributed by atoms with Gasteiger partial charge in [0.05, 0.1) is 25.7 Å². The summed E-state index contributed by atoms with van der Waals surface area (Å²) in [5, 5.41) is 21.0. The molecule has 8 heteroatoms. The molecule has 0 aliphatic rings. The Morgan fingerprint density at radius 2 is 1.46 bits per heavy atom. The van der Waals surface area contributed by atoms with Gasteiger partial charge in [-0.1, -0.05) is 23.3 Å². The number of allylic oxidation sites excluding steroid dienone is 4. The Morgan fingerprint density at radius 3 is 2.05 bits per heavy atom. The summed E-state index contributed by atoms with van der Waals surface area (Å²) >= 11 is 0. The van der Waals surface area contributed by atoms with Gasteiger partial charge in [-0.05, 0) is 40.5 Å². The molecule has 3 rings (SSSR count). The smallest absolute Gasteiger partial charge is 0.204 e. The lowest BCUT2D eigenvalue weighted by molar-refractivity contribution is 0.144. The summed E-state index contributed by atoms with van der Waals surface area (Å²) in [6, 6.07) is 3.21. The van der Waals surface area contributed by atoms with Crippen LogP contribution in [0.25, 0.3) is 21.9 Å². The molecule has 0 radical (unpaired) electrons. The van der Waals surface area contributed by atoms with Gasteiger partial charge in [-0.15, -0.1) is 0 Å². The molecule has 1 heterocycles. The highest BCUT2D eigenvalue weighted by Gasteiger charge is 2.24. The van der Waals surface area contributed by atoms with Gasteiger partial charge in [0, 0.05) is 30.4 Å². The van der Waals surface area contributed by atoms with E-state index in [1.807, 2.05) is 39.8 Å². The van der Waals surface area contributed by atoms with Crippen molar-refractivity contribution in [2.45, 2.75) is 40.5 Å². The fourth-order valence-corrected chi connectivity index (χ4v) is 4.06. The van der Waals surface area contributed by atoms with Gasteiger partial charge in [0.2, 0.25) is 5.43 Å². The minimum atomic E-state index is -0.375. The molecule has 0 bridgehead atoms. The van der Waals surface area contributed by atoms with Gasteiger partial charge in [0.1, 0.15) is 41.3 Å². The number of aliphatic hydroxyl groups is 1. The number of benzene rings is 2. The molecule has 0 unspecified atom stereocenters. The Bertz CT molecular complexity index is 1370. The van der Waals surface area contributed by atoms with Gasteiger partial charge in [-0.25, -0.2) is 0 Å². The van der Waals surface area contributed by atoms with Crippen LogP contribution >= 0.6 is 0 Å². The average Bonchev–Trinajstić information content (AvgIpc) is 2.85. The van der Waals surface area contributed by atoms with E-state index >= 15 is 0 Å². The number of phenols is 1. The molecular formula is C29H36O8. The van der Waals surface area contributed by atoms with Crippen molar-refractivity contribution in [1.29, 1.82) is 0 Å². The lowest BCUT2D eigenvalue weighted by Gasteiger charge is -2.18. The van der Waals surface area contributed by atoms with Crippen LogP contribution in [0.3, 0.4) is 0 Å². The molecule has 3 aromatic rings. The molecule has 0 aliphatic carbocycles. The molecular weight excluding hydrogens is 476 g/mol. The van der Waals surface area contributed by atoms with Crippen molar-refractivity contribution in [3.63, 3.8) is 0 Å². The lowest BCUT2D eigenvalue weighted by atomic mass is 9.98. The molecule has 1 aromatic heterocycles. The number of hydrogen-bond donors (Lipinski definition) is 2. The van der Waals surface area contributed by atoms with Crippen LogP contribution in [0.15, 0.2) is 44.6 Å². The summed E-state index contributed by atoms with van der Waals surface area (Å²) in [5.41, 5.74) is 3.27. The molecule has 0 aliphatic heterocycles. The number of phenolic OH excluding ortho intramolecular Hbond substituents is 1.